The lowest BCUT2D eigenvalue weighted by molar-refractivity contribution is 0.163. The Bertz CT molecular complexity index is 254. The van der Waals surface area contributed by atoms with Crippen molar-refractivity contribution < 1.29 is 4.79 Å². The molecule has 1 heterocycles. The summed E-state index contributed by atoms with van der Waals surface area (Å²) in [5.74, 6) is 0.703. The van der Waals surface area contributed by atoms with Crippen LogP contribution in [-0.2, 0) is 0 Å². The summed E-state index contributed by atoms with van der Waals surface area (Å²) < 4.78 is 0. The van der Waals surface area contributed by atoms with Crippen LogP contribution in [0.25, 0.3) is 0 Å². The molecule has 2 aliphatic rings. The highest BCUT2D eigenvalue weighted by Gasteiger charge is 2.33. The first-order chi connectivity index (χ1) is 8.33. The first-order valence-electron chi connectivity index (χ1n) is 6.94. The molecule has 0 bridgehead atoms. The Labute approximate surface area is 109 Å². The van der Waals surface area contributed by atoms with E-state index < -0.39 is 0 Å². The van der Waals surface area contributed by atoms with Crippen molar-refractivity contribution in [3.05, 3.63) is 0 Å². The van der Waals surface area contributed by atoms with Gasteiger partial charge in [-0.15, -0.1) is 11.6 Å². The third-order valence-electron chi connectivity index (χ3n) is 3.95. The Morgan fingerprint density at radius 3 is 2.59 bits per heavy atom. The van der Waals surface area contributed by atoms with E-state index in [-0.39, 0.29) is 6.03 Å². The summed E-state index contributed by atoms with van der Waals surface area (Å²) >= 11 is 5.66. The standard InChI is InChI=1S/C13H23ClN2O/c14-8-4-5-9-15-10-11-16(13(15)17)12-6-2-1-3-7-12/h12H,1-11H2. The van der Waals surface area contributed by atoms with Gasteiger partial charge in [-0.25, -0.2) is 4.79 Å². The van der Waals surface area contributed by atoms with Crippen molar-refractivity contribution in [3.8, 4) is 0 Å². The van der Waals surface area contributed by atoms with Gasteiger partial charge >= 0.3 is 6.03 Å². The highest BCUT2D eigenvalue weighted by atomic mass is 35.5. The number of rotatable bonds is 5. The van der Waals surface area contributed by atoms with E-state index >= 15 is 0 Å². The second-order valence-corrected chi connectivity index (χ2v) is 5.53. The molecule has 0 atom stereocenters. The van der Waals surface area contributed by atoms with Gasteiger partial charge in [-0.3, -0.25) is 0 Å². The normalized spacial score (nSPS) is 22.5. The Hall–Kier alpha value is -0.440. The molecular weight excluding hydrogens is 236 g/mol. The van der Waals surface area contributed by atoms with E-state index in [4.69, 9.17) is 11.6 Å². The van der Waals surface area contributed by atoms with Crippen LogP contribution in [0.4, 0.5) is 4.79 Å². The summed E-state index contributed by atoms with van der Waals surface area (Å²) in [5, 5.41) is 0. The molecule has 0 aromatic heterocycles. The zero-order chi connectivity index (χ0) is 12.1. The van der Waals surface area contributed by atoms with E-state index in [1.54, 1.807) is 0 Å². The van der Waals surface area contributed by atoms with Crippen molar-refractivity contribution in [3.63, 3.8) is 0 Å². The summed E-state index contributed by atoms with van der Waals surface area (Å²) in [7, 11) is 0. The van der Waals surface area contributed by atoms with Crippen LogP contribution in [0.1, 0.15) is 44.9 Å². The van der Waals surface area contributed by atoms with Gasteiger partial charge in [0.1, 0.15) is 0 Å². The third kappa shape index (κ3) is 3.27. The number of halogens is 1. The molecule has 0 aromatic carbocycles. The number of unbranched alkanes of at least 4 members (excludes halogenated alkanes) is 1. The first-order valence-corrected chi connectivity index (χ1v) is 7.48. The van der Waals surface area contributed by atoms with Crippen molar-refractivity contribution in [2.45, 2.75) is 51.0 Å². The second kappa shape index (κ2) is 6.48. The zero-order valence-electron chi connectivity index (χ0n) is 10.5. The minimum absolute atomic E-state index is 0.270. The van der Waals surface area contributed by atoms with E-state index in [9.17, 15) is 4.79 Å². The van der Waals surface area contributed by atoms with Crippen LogP contribution in [0.2, 0.25) is 0 Å². The summed E-state index contributed by atoms with van der Waals surface area (Å²) in [5.41, 5.74) is 0. The maximum atomic E-state index is 12.2. The van der Waals surface area contributed by atoms with Gasteiger partial charge in [0.15, 0.2) is 0 Å². The van der Waals surface area contributed by atoms with Gasteiger partial charge < -0.3 is 9.80 Å². The van der Waals surface area contributed by atoms with Gasteiger partial charge in [0.05, 0.1) is 0 Å². The maximum absolute atomic E-state index is 12.2. The van der Waals surface area contributed by atoms with Crippen LogP contribution in [0.15, 0.2) is 0 Å². The SMILES string of the molecule is O=C1N(CCCCCl)CCN1C1CCCCC1. The Morgan fingerprint density at radius 1 is 1.12 bits per heavy atom. The number of urea groups is 1. The lowest BCUT2D eigenvalue weighted by Crippen LogP contribution is -2.40. The van der Waals surface area contributed by atoms with Crippen LogP contribution in [0, 0.1) is 0 Å². The van der Waals surface area contributed by atoms with Crippen molar-refractivity contribution in [2.75, 3.05) is 25.5 Å². The molecule has 2 amide bonds. The van der Waals surface area contributed by atoms with Gasteiger partial charge in [-0.1, -0.05) is 19.3 Å². The van der Waals surface area contributed by atoms with Gasteiger partial charge in [0, 0.05) is 31.6 Å². The van der Waals surface area contributed by atoms with Crippen LogP contribution in [-0.4, -0.2) is 47.4 Å². The average Bonchev–Trinajstić information content (AvgIpc) is 2.73. The molecule has 3 nitrogen and oxygen atoms in total. The fraction of sp³-hybridized carbons (Fsp3) is 0.923. The topological polar surface area (TPSA) is 23.6 Å². The third-order valence-corrected chi connectivity index (χ3v) is 4.22. The first kappa shape index (κ1) is 13.0. The summed E-state index contributed by atoms with van der Waals surface area (Å²) in [6, 6.07) is 0.792. The summed E-state index contributed by atoms with van der Waals surface area (Å²) in [4.78, 5) is 16.3. The lowest BCUT2D eigenvalue weighted by atomic mass is 9.94. The molecule has 2 rings (SSSR count). The number of carbonyl (C=O) groups is 1. The van der Waals surface area contributed by atoms with E-state index in [1.807, 2.05) is 4.90 Å². The van der Waals surface area contributed by atoms with Crippen molar-refractivity contribution in [2.24, 2.45) is 0 Å². The molecule has 1 saturated carbocycles. The van der Waals surface area contributed by atoms with E-state index in [2.05, 4.69) is 4.90 Å². The predicted molar refractivity (Wildman–Crippen MR) is 70.5 cm³/mol. The van der Waals surface area contributed by atoms with Crippen molar-refractivity contribution in [1.82, 2.24) is 9.80 Å². The molecule has 0 spiro atoms. The number of hydrogen-bond acceptors (Lipinski definition) is 1. The molecular formula is C13H23ClN2O. The number of nitrogens with zero attached hydrogens (tertiary/aromatic N) is 2. The molecule has 1 aliphatic heterocycles. The monoisotopic (exact) mass is 258 g/mol. The quantitative estimate of drug-likeness (QED) is 0.549. The van der Waals surface area contributed by atoms with Crippen LogP contribution in [0.3, 0.4) is 0 Å². The minimum Gasteiger partial charge on any atom is -0.323 e. The summed E-state index contributed by atoms with van der Waals surface area (Å²) in [6.45, 7) is 2.73. The molecule has 2 fully saturated rings. The predicted octanol–water partition coefficient (Wildman–Crippen LogP) is 3.08. The fourth-order valence-corrected chi connectivity index (χ4v) is 3.13. The average molecular weight is 259 g/mol. The minimum atomic E-state index is 0.270. The molecule has 1 saturated heterocycles. The summed E-state index contributed by atoms with van der Waals surface area (Å²) in [6.07, 6.45) is 8.39. The zero-order valence-corrected chi connectivity index (χ0v) is 11.3. The maximum Gasteiger partial charge on any atom is 0.320 e. The molecule has 0 N–H and O–H groups in total. The lowest BCUT2D eigenvalue weighted by Gasteiger charge is -2.30. The van der Waals surface area contributed by atoms with Crippen LogP contribution in [0.5, 0.6) is 0 Å². The second-order valence-electron chi connectivity index (χ2n) is 5.15. The van der Waals surface area contributed by atoms with E-state index in [0.717, 1.165) is 32.5 Å². The molecule has 0 unspecified atom stereocenters. The van der Waals surface area contributed by atoms with Crippen LogP contribution >= 0.6 is 11.6 Å². The van der Waals surface area contributed by atoms with Gasteiger partial charge in [-0.2, -0.15) is 0 Å². The molecule has 17 heavy (non-hydrogen) atoms. The van der Waals surface area contributed by atoms with Gasteiger partial charge in [0.25, 0.3) is 0 Å². The van der Waals surface area contributed by atoms with E-state index in [0.29, 0.717) is 11.9 Å². The Kier molecular flexibility index (Phi) is 4.96. The van der Waals surface area contributed by atoms with Gasteiger partial charge in [0.2, 0.25) is 0 Å². The Balaban J connectivity index is 1.79. The largest absolute Gasteiger partial charge is 0.323 e. The molecule has 0 aromatic rings. The molecule has 1 aliphatic carbocycles. The molecule has 98 valence electrons. The van der Waals surface area contributed by atoms with Crippen molar-refractivity contribution >= 4 is 17.6 Å². The van der Waals surface area contributed by atoms with Crippen LogP contribution < -0.4 is 0 Å². The van der Waals surface area contributed by atoms with E-state index in [1.165, 1.54) is 32.1 Å². The van der Waals surface area contributed by atoms with Crippen molar-refractivity contribution in [1.29, 1.82) is 0 Å². The highest BCUT2D eigenvalue weighted by Crippen LogP contribution is 2.25. The smallest absolute Gasteiger partial charge is 0.320 e. The number of amides is 2. The van der Waals surface area contributed by atoms with Gasteiger partial charge in [-0.05, 0) is 25.7 Å². The Morgan fingerprint density at radius 2 is 1.88 bits per heavy atom. The molecule has 0 radical (unpaired) electrons. The number of alkyl halides is 1. The molecule has 4 heteroatoms. The highest BCUT2D eigenvalue weighted by molar-refractivity contribution is 6.17. The number of hydrogen-bond donors (Lipinski definition) is 0. The number of carbonyl (C=O) groups excluding carboxylic acids is 1. The fourth-order valence-electron chi connectivity index (χ4n) is 2.94.